The Morgan fingerprint density at radius 3 is 2.40 bits per heavy atom. The van der Waals surface area contributed by atoms with Gasteiger partial charge in [-0.15, -0.1) is 0 Å². The Bertz CT molecular complexity index is 247. The first kappa shape index (κ1) is 12.5. The normalized spacial score (nSPS) is 32.7. The van der Waals surface area contributed by atoms with Crippen molar-refractivity contribution in [2.75, 3.05) is 13.2 Å². The van der Waals surface area contributed by atoms with Crippen molar-refractivity contribution in [1.29, 1.82) is 0 Å². The molecule has 1 aliphatic rings. The summed E-state index contributed by atoms with van der Waals surface area (Å²) in [5.41, 5.74) is -0.424. The van der Waals surface area contributed by atoms with E-state index in [1.54, 1.807) is 0 Å². The SMILES string of the molecule is CC(C)(C)[N+]1(C(=O)[O-])CCCC[C@@H]1CO. The van der Waals surface area contributed by atoms with Crippen molar-refractivity contribution in [3.05, 3.63) is 0 Å². The van der Waals surface area contributed by atoms with Gasteiger partial charge in [0, 0.05) is 6.42 Å². The lowest BCUT2D eigenvalue weighted by atomic mass is 9.90. The summed E-state index contributed by atoms with van der Waals surface area (Å²) in [6.45, 7) is 6.19. The van der Waals surface area contributed by atoms with Gasteiger partial charge in [-0.3, -0.25) is 4.48 Å². The number of carboxylic acid groups (broad SMARTS) is 1. The maximum atomic E-state index is 11.4. The lowest BCUT2D eigenvalue weighted by Crippen LogP contribution is -2.74. The van der Waals surface area contributed by atoms with Crippen LogP contribution in [0.2, 0.25) is 0 Å². The highest BCUT2D eigenvalue weighted by Gasteiger charge is 2.49. The van der Waals surface area contributed by atoms with E-state index >= 15 is 0 Å². The topological polar surface area (TPSA) is 60.4 Å². The Kier molecular flexibility index (Phi) is 3.41. The summed E-state index contributed by atoms with van der Waals surface area (Å²) in [5, 5.41) is 20.8. The van der Waals surface area contributed by atoms with E-state index in [0.717, 1.165) is 19.3 Å². The number of hydrogen-bond donors (Lipinski definition) is 1. The number of nitrogens with zero attached hydrogens (tertiary/aromatic N) is 1. The molecular formula is C11H21NO3. The molecule has 15 heavy (non-hydrogen) atoms. The highest BCUT2D eigenvalue weighted by Crippen LogP contribution is 2.34. The van der Waals surface area contributed by atoms with Crippen LogP contribution in [0.3, 0.4) is 0 Å². The standard InChI is InChI=1S/C11H21NO3/c1-11(2,3)12(10(14)15)7-5-4-6-9(12)8-13/h9,13H,4-8H2,1-3H3/t9-,12?/m1/s1. The Hall–Kier alpha value is -0.610. The zero-order chi connectivity index (χ0) is 11.7. The maximum Gasteiger partial charge on any atom is 0.258 e. The molecule has 1 unspecified atom stereocenters. The third kappa shape index (κ3) is 1.88. The summed E-state index contributed by atoms with van der Waals surface area (Å²) in [4.78, 5) is 11.4. The van der Waals surface area contributed by atoms with E-state index in [1.165, 1.54) is 0 Å². The van der Waals surface area contributed by atoms with Crippen LogP contribution in [0.25, 0.3) is 0 Å². The molecule has 0 aromatic heterocycles. The number of aliphatic hydroxyl groups is 1. The van der Waals surface area contributed by atoms with Crippen LogP contribution in [0.1, 0.15) is 40.0 Å². The fourth-order valence-electron chi connectivity index (χ4n) is 2.77. The molecule has 0 aromatic rings. The van der Waals surface area contributed by atoms with Gasteiger partial charge in [-0.05, 0) is 33.6 Å². The largest absolute Gasteiger partial charge is 0.498 e. The molecule has 1 amide bonds. The molecule has 0 bridgehead atoms. The molecule has 1 fully saturated rings. The van der Waals surface area contributed by atoms with Gasteiger partial charge in [-0.25, -0.2) is 0 Å². The van der Waals surface area contributed by atoms with Crippen molar-refractivity contribution in [2.45, 2.75) is 51.6 Å². The van der Waals surface area contributed by atoms with Crippen LogP contribution in [-0.2, 0) is 0 Å². The Balaban J connectivity index is 3.12. The third-order valence-electron chi connectivity index (χ3n) is 3.66. The summed E-state index contributed by atoms with van der Waals surface area (Å²) < 4.78 is -0.108. The van der Waals surface area contributed by atoms with Gasteiger partial charge >= 0.3 is 0 Å². The summed E-state index contributed by atoms with van der Waals surface area (Å²) >= 11 is 0. The predicted octanol–water partition coefficient (Wildman–Crippen LogP) is 0.490. The highest BCUT2D eigenvalue weighted by molar-refractivity contribution is 5.55. The number of quaternary nitrogens is 1. The van der Waals surface area contributed by atoms with Crippen LogP contribution >= 0.6 is 0 Å². The molecule has 0 saturated carbocycles. The van der Waals surface area contributed by atoms with Crippen molar-refractivity contribution >= 4 is 6.09 Å². The van der Waals surface area contributed by atoms with Crippen molar-refractivity contribution in [2.24, 2.45) is 0 Å². The van der Waals surface area contributed by atoms with Crippen molar-refractivity contribution in [1.82, 2.24) is 0 Å². The van der Waals surface area contributed by atoms with E-state index in [1.807, 2.05) is 20.8 Å². The van der Waals surface area contributed by atoms with E-state index in [4.69, 9.17) is 0 Å². The van der Waals surface area contributed by atoms with Crippen molar-refractivity contribution < 1.29 is 19.5 Å². The molecule has 0 aromatic carbocycles. The molecule has 0 aliphatic carbocycles. The molecule has 4 nitrogen and oxygen atoms in total. The van der Waals surface area contributed by atoms with Crippen LogP contribution in [0.5, 0.6) is 0 Å². The van der Waals surface area contributed by atoms with Gasteiger partial charge in [0.1, 0.15) is 6.04 Å². The number of rotatable bonds is 1. The van der Waals surface area contributed by atoms with Gasteiger partial charge in [0.15, 0.2) is 0 Å². The zero-order valence-corrected chi connectivity index (χ0v) is 9.82. The second-order valence-corrected chi connectivity index (χ2v) is 5.36. The molecule has 0 radical (unpaired) electrons. The molecule has 2 atom stereocenters. The van der Waals surface area contributed by atoms with Crippen LogP contribution in [0.4, 0.5) is 4.79 Å². The molecule has 4 heteroatoms. The molecule has 1 aliphatic heterocycles. The fourth-order valence-corrected chi connectivity index (χ4v) is 2.77. The van der Waals surface area contributed by atoms with Gasteiger partial charge in [-0.2, -0.15) is 0 Å². The van der Waals surface area contributed by atoms with E-state index in [9.17, 15) is 15.0 Å². The van der Waals surface area contributed by atoms with Gasteiger partial charge in [-0.1, -0.05) is 0 Å². The Morgan fingerprint density at radius 1 is 1.47 bits per heavy atom. The molecule has 1 rings (SSSR count). The third-order valence-corrected chi connectivity index (χ3v) is 3.66. The average Bonchev–Trinajstić information content (AvgIpc) is 2.15. The van der Waals surface area contributed by atoms with Gasteiger partial charge < -0.3 is 15.0 Å². The number of carbonyl (C=O) groups is 1. The Morgan fingerprint density at radius 2 is 2.07 bits per heavy atom. The first-order chi connectivity index (χ1) is 6.86. The van der Waals surface area contributed by atoms with Gasteiger partial charge in [0.2, 0.25) is 0 Å². The number of piperidine rings is 1. The minimum Gasteiger partial charge on any atom is -0.498 e. The number of hydrogen-bond acceptors (Lipinski definition) is 3. The number of amides is 1. The molecule has 1 saturated heterocycles. The lowest BCUT2D eigenvalue weighted by molar-refractivity contribution is -0.946. The minimum absolute atomic E-state index is 0.0781. The number of carbonyl (C=O) groups excluding carboxylic acids is 1. The number of aliphatic hydroxyl groups excluding tert-OH is 1. The highest BCUT2D eigenvalue weighted by atomic mass is 16.4. The molecule has 1 heterocycles. The van der Waals surface area contributed by atoms with E-state index in [-0.39, 0.29) is 17.1 Å². The molecule has 88 valence electrons. The zero-order valence-electron chi connectivity index (χ0n) is 9.82. The lowest BCUT2D eigenvalue weighted by Gasteiger charge is -2.54. The first-order valence-corrected chi connectivity index (χ1v) is 5.56. The van der Waals surface area contributed by atoms with Crippen LogP contribution in [0, 0.1) is 0 Å². The smallest absolute Gasteiger partial charge is 0.258 e. The van der Waals surface area contributed by atoms with Crippen molar-refractivity contribution in [3.8, 4) is 0 Å². The summed E-state index contributed by atoms with van der Waals surface area (Å²) in [5.74, 6) is 0. The van der Waals surface area contributed by atoms with Gasteiger partial charge in [0.25, 0.3) is 6.09 Å². The van der Waals surface area contributed by atoms with E-state index in [0.29, 0.717) is 6.54 Å². The molecule has 1 N–H and O–H groups in total. The summed E-state index contributed by atoms with van der Waals surface area (Å²) in [6.07, 6.45) is 1.60. The number of likely N-dealkylation sites (tertiary alicyclic amines) is 1. The second-order valence-electron chi connectivity index (χ2n) is 5.36. The minimum atomic E-state index is -1.05. The summed E-state index contributed by atoms with van der Waals surface area (Å²) in [7, 11) is 0. The summed E-state index contributed by atoms with van der Waals surface area (Å²) in [6, 6.07) is -0.219. The predicted molar refractivity (Wildman–Crippen MR) is 55.0 cm³/mol. The van der Waals surface area contributed by atoms with Crippen LogP contribution < -0.4 is 5.11 Å². The van der Waals surface area contributed by atoms with Crippen LogP contribution in [0.15, 0.2) is 0 Å². The van der Waals surface area contributed by atoms with E-state index < -0.39 is 11.6 Å². The first-order valence-electron chi connectivity index (χ1n) is 5.56. The fraction of sp³-hybridized carbons (Fsp3) is 0.909. The van der Waals surface area contributed by atoms with Crippen LogP contribution in [-0.4, -0.2) is 40.4 Å². The van der Waals surface area contributed by atoms with Gasteiger partial charge in [0.05, 0.1) is 18.7 Å². The maximum absolute atomic E-state index is 11.4. The average molecular weight is 215 g/mol. The van der Waals surface area contributed by atoms with Crippen molar-refractivity contribution in [3.63, 3.8) is 0 Å². The molecular weight excluding hydrogens is 194 g/mol. The monoisotopic (exact) mass is 215 g/mol. The second kappa shape index (κ2) is 4.10. The van der Waals surface area contributed by atoms with E-state index in [2.05, 4.69) is 0 Å². The Labute approximate surface area is 91.1 Å². The molecule has 0 spiro atoms. The quantitative estimate of drug-likeness (QED) is 0.648.